The molecule has 0 saturated carbocycles. The van der Waals surface area contributed by atoms with E-state index >= 15 is 0 Å². The maximum atomic E-state index is 10.7. The van der Waals surface area contributed by atoms with Gasteiger partial charge in [0.15, 0.2) is 11.1 Å². The molecule has 0 spiro atoms. The van der Waals surface area contributed by atoms with E-state index in [2.05, 4.69) is 5.32 Å². The van der Waals surface area contributed by atoms with Crippen LogP contribution in [0.3, 0.4) is 0 Å². The van der Waals surface area contributed by atoms with Crippen molar-refractivity contribution in [2.75, 3.05) is 25.6 Å². The van der Waals surface area contributed by atoms with Gasteiger partial charge in [-0.05, 0) is 30.7 Å². The molecule has 0 aliphatic heterocycles. The van der Waals surface area contributed by atoms with E-state index < -0.39 is 11.1 Å². The van der Waals surface area contributed by atoms with Crippen LogP contribution in [0.5, 0.6) is 0 Å². The molecule has 84 valence electrons. The lowest BCUT2D eigenvalue weighted by Crippen LogP contribution is -2.04. The predicted octanol–water partition coefficient (Wildman–Crippen LogP) is 1.72. The highest BCUT2D eigenvalue weighted by Gasteiger charge is 1.98. The number of benzene rings is 1. The van der Waals surface area contributed by atoms with Gasteiger partial charge in [0.25, 0.3) is 0 Å². The van der Waals surface area contributed by atoms with Crippen molar-refractivity contribution >= 4 is 16.8 Å². The lowest BCUT2D eigenvalue weighted by molar-refractivity contribution is 0.198. The second-order valence-corrected chi connectivity index (χ2v) is 4.02. The fourth-order valence-electron chi connectivity index (χ4n) is 1.14. The summed E-state index contributed by atoms with van der Waals surface area (Å²) < 4.78 is 24.4. The van der Waals surface area contributed by atoms with Gasteiger partial charge in [-0.15, -0.1) is 0 Å². The Kier molecular flexibility index (Phi) is 5.31. The van der Waals surface area contributed by atoms with Crippen LogP contribution in [0.4, 0.5) is 5.69 Å². The average Bonchev–Trinajstić information content (AvgIpc) is 2.25. The summed E-state index contributed by atoms with van der Waals surface area (Å²) in [5.41, 5.74) is 0.945. The second-order valence-electron chi connectivity index (χ2n) is 3.05. The fourth-order valence-corrected chi connectivity index (χ4v) is 1.51. The molecule has 1 aromatic rings. The van der Waals surface area contributed by atoms with Crippen LogP contribution in [0.25, 0.3) is 0 Å². The van der Waals surface area contributed by atoms with E-state index in [-0.39, 0.29) is 0 Å². The summed E-state index contributed by atoms with van der Waals surface area (Å²) in [5.74, 6) is 0. The first-order valence-corrected chi connectivity index (χ1v) is 5.78. The number of hydrogen-bond acceptors (Lipinski definition) is 3. The zero-order valence-electron chi connectivity index (χ0n) is 8.60. The summed E-state index contributed by atoms with van der Waals surface area (Å²) in [7, 11) is 1.67. The third-order valence-corrected chi connectivity index (χ3v) is 2.59. The molecule has 0 fully saturated rings. The number of methoxy groups -OCH3 is 1. The molecular weight excluding hydrogens is 214 g/mol. The van der Waals surface area contributed by atoms with Gasteiger partial charge in [-0.1, -0.05) is 0 Å². The van der Waals surface area contributed by atoms with E-state index in [0.29, 0.717) is 4.90 Å². The van der Waals surface area contributed by atoms with Crippen molar-refractivity contribution in [1.29, 1.82) is 0 Å². The highest BCUT2D eigenvalue weighted by molar-refractivity contribution is 7.79. The minimum atomic E-state index is -1.89. The first-order valence-electron chi connectivity index (χ1n) is 4.68. The van der Waals surface area contributed by atoms with Gasteiger partial charge in [-0.3, -0.25) is 0 Å². The van der Waals surface area contributed by atoms with Crippen LogP contribution in [-0.4, -0.2) is 29.0 Å². The lowest BCUT2D eigenvalue weighted by atomic mass is 10.3. The van der Waals surface area contributed by atoms with Gasteiger partial charge in [-0.25, -0.2) is 4.21 Å². The molecule has 1 aromatic carbocycles. The fraction of sp³-hybridized carbons (Fsp3) is 0.400. The van der Waals surface area contributed by atoms with Crippen molar-refractivity contribution in [2.24, 2.45) is 0 Å². The monoisotopic (exact) mass is 229 g/mol. The van der Waals surface area contributed by atoms with E-state index in [4.69, 9.17) is 9.29 Å². The number of ether oxygens (including phenoxy) is 1. The van der Waals surface area contributed by atoms with Crippen LogP contribution >= 0.6 is 0 Å². The summed E-state index contributed by atoms with van der Waals surface area (Å²) >= 11 is -1.89. The first-order chi connectivity index (χ1) is 7.24. The molecule has 5 heteroatoms. The molecule has 1 atom stereocenters. The van der Waals surface area contributed by atoms with Crippen LogP contribution in [-0.2, 0) is 15.8 Å². The topological polar surface area (TPSA) is 58.6 Å². The van der Waals surface area contributed by atoms with Gasteiger partial charge in [0.2, 0.25) is 0 Å². The number of hydrogen-bond donors (Lipinski definition) is 2. The van der Waals surface area contributed by atoms with Crippen LogP contribution in [0.15, 0.2) is 29.2 Å². The van der Waals surface area contributed by atoms with E-state index in [1.165, 1.54) is 0 Å². The number of anilines is 1. The smallest absolute Gasteiger partial charge is 0.186 e. The van der Waals surface area contributed by atoms with Crippen LogP contribution in [0.1, 0.15) is 6.42 Å². The summed E-state index contributed by atoms with van der Waals surface area (Å²) in [6.45, 7) is 1.56. The third-order valence-electron chi connectivity index (χ3n) is 1.91. The summed E-state index contributed by atoms with van der Waals surface area (Å²) in [6.07, 6.45) is 0.935. The Balaban J connectivity index is 2.39. The molecule has 0 aromatic heterocycles. The predicted molar refractivity (Wildman–Crippen MR) is 60.5 cm³/mol. The zero-order valence-corrected chi connectivity index (χ0v) is 9.42. The Morgan fingerprint density at radius 1 is 1.40 bits per heavy atom. The normalized spacial score (nSPS) is 12.4. The Morgan fingerprint density at radius 3 is 2.60 bits per heavy atom. The number of nitrogens with one attached hydrogen (secondary N) is 1. The van der Waals surface area contributed by atoms with Crippen molar-refractivity contribution in [3.05, 3.63) is 24.3 Å². The average molecular weight is 229 g/mol. The van der Waals surface area contributed by atoms with Crippen molar-refractivity contribution in [1.82, 2.24) is 0 Å². The first kappa shape index (κ1) is 12.2. The van der Waals surface area contributed by atoms with Crippen molar-refractivity contribution in [2.45, 2.75) is 11.3 Å². The highest BCUT2D eigenvalue weighted by Crippen LogP contribution is 2.11. The summed E-state index contributed by atoms with van der Waals surface area (Å²) in [5, 5.41) is 3.19. The van der Waals surface area contributed by atoms with Gasteiger partial charge in [0, 0.05) is 25.9 Å². The molecule has 15 heavy (non-hydrogen) atoms. The van der Waals surface area contributed by atoms with E-state index in [0.717, 1.165) is 25.3 Å². The van der Waals surface area contributed by atoms with Crippen LogP contribution in [0, 0.1) is 0 Å². The van der Waals surface area contributed by atoms with Crippen LogP contribution < -0.4 is 5.32 Å². The van der Waals surface area contributed by atoms with Crippen LogP contribution in [0.2, 0.25) is 0 Å². The molecule has 0 saturated heterocycles. The third kappa shape index (κ3) is 4.42. The van der Waals surface area contributed by atoms with Crippen molar-refractivity contribution < 1.29 is 13.5 Å². The molecule has 1 unspecified atom stereocenters. The maximum Gasteiger partial charge on any atom is 0.186 e. The molecule has 0 aliphatic carbocycles. The second kappa shape index (κ2) is 6.55. The molecule has 2 N–H and O–H groups in total. The quantitative estimate of drug-likeness (QED) is 0.576. The maximum absolute atomic E-state index is 10.7. The van der Waals surface area contributed by atoms with Gasteiger partial charge in [0.05, 0.1) is 4.90 Å². The molecule has 4 nitrogen and oxygen atoms in total. The van der Waals surface area contributed by atoms with E-state index in [1.54, 1.807) is 31.4 Å². The number of rotatable bonds is 6. The minimum absolute atomic E-state index is 0.414. The molecular formula is C10H15NO3S. The van der Waals surface area contributed by atoms with Gasteiger partial charge >= 0.3 is 0 Å². The SMILES string of the molecule is COCCCNc1ccc(S(=O)O)cc1. The molecule has 0 bridgehead atoms. The Morgan fingerprint density at radius 2 is 2.07 bits per heavy atom. The molecule has 0 radical (unpaired) electrons. The molecule has 0 amide bonds. The Hall–Kier alpha value is -0.910. The molecule has 1 rings (SSSR count). The largest absolute Gasteiger partial charge is 0.385 e. The van der Waals surface area contributed by atoms with Gasteiger partial charge in [-0.2, -0.15) is 0 Å². The highest BCUT2D eigenvalue weighted by atomic mass is 32.2. The van der Waals surface area contributed by atoms with E-state index in [9.17, 15) is 4.21 Å². The summed E-state index contributed by atoms with van der Waals surface area (Å²) in [6, 6.07) is 6.84. The van der Waals surface area contributed by atoms with Gasteiger partial charge < -0.3 is 14.6 Å². The van der Waals surface area contributed by atoms with Crippen molar-refractivity contribution in [3.8, 4) is 0 Å². The van der Waals surface area contributed by atoms with Crippen molar-refractivity contribution in [3.63, 3.8) is 0 Å². The summed E-state index contributed by atoms with van der Waals surface area (Å²) in [4.78, 5) is 0.414. The standard InChI is InChI=1S/C10H15NO3S/c1-14-8-2-7-11-9-3-5-10(6-4-9)15(12)13/h3-6,11H,2,7-8H2,1H3,(H,12,13). The minimum Gasteiger partial charge on any atom is -0.385 e. The Bertz CT molecular complexity index is 313. The zero-order chi connectivity index (χ0) is 11.1. The molecule has 0 heterocycles. The lowest BCUT2D eigenvalue weighted by Gasteiger charge is -2.05. The molecule has 0 aliphatic rings. The van der Waals surface area contributed by atoms with Gasteiger partial charge in [0.1, 0.15) is 0 Å². The Labute approximate surface area is 91.9 Å². The van der Waals surface area contributed by atoms with E-state index in [1.807, 2.05) is 0 Å².